The summed E-state index contributed by atoms with van der Waals surface area (Å²) in [7, 11) is 0. The van der Waals surface area contributed by atoms with Crippen molar-refractivity contribution in [1.29, 1.82) is 5.26 Å². The van der Waals surface area contributed by atoms with E-state index in [1.807, 2.05) is 0 Å². The lowest BCUT2D eigenvalue weighted by atomic mass is 9.85. The van der Waals surface area contributed by atoms with Crippen molar-refractivity contribution in [1.82, 2.24) is 5.32 Å². The lowest BCUT2D eigenvalue weighted by Crippen LogP contribution is -2.56. The molecule has 0 unspecified atom stereocenters. The van der Waals surface area contributed by atoms with Crippen LogP contribution in [0.4, 0.5) is 23.7 Å². The Morgan fingerprint density at radius 3 is 2.48 bits per heavy atom. The van der Waals surface area contributed by atoms with Crippen molar-refractivity contribution in [2.75, 3.05) is 18.5 Å². The van der Waals surface area contributed by atoms with Gasteiger partial charge in [0.15, 0.2) is 5.79 Å². The van der Waals surface area contributed by atoms with Crippen molar-refractivity contribution in [2.24, 2.45) is 0 Å². The lowest BCUT2D eigenvalue weighted by molar-refractivity contribution is -0.182. The summed E-state index contributed by atoms with van der Waals surface area (Å²) in [6.07, 6.45) is -3.94. The maximum absolute atomic E-state index is 13.3. The summed E-state index contributed by atoms with van der Waals surface area (Å²) < 4.78 is 56.8. The van der Waals surface area contributed by atoms with Crippen LogP contribution in [0.1, 0.15) is 51.2 Å². The summed E-state index contributed by atoms with van der Waals surface area (Å²) in [4.78, 5) is 12.4. The molecule has 1 saturated carbocycles. The Morgan fingerprint density at radius 1 is 1.23 bits per heavy atom. The van der Waals surface area contributed by atoms with Gasteiger partial charge in [-0.05, 0) is 45.4 Å². The average molecular weight is 441 g/mol. The zero-order valence-corrected chi connectivity index (χ0v) is 17.6. The van der Waals surface area contributed by atoms with Gasteiger partial charge in [-0.15, -0.1) is 0 Å². The second-order valence-corrected chi connectivity index (χ2v) is 8.72. The van der Waals surface area contributed by atoms with Crippen LogP contribution >= 0.6 is 0 Å². The van der Waals surface area contributed by atoms with E-state index in [1.165, 1.54) is 6.07 Å². The standard InChI is InChI=1S/C21H26F3N3O4/c1-19(2,3)31-18(28)27-17-11-20(29-8-9-30-20)7-6-16(17)26-14-5-4-13(12-25)15(10-14)21(22,23)24/h4-5,10,16-17,26H,6-9,11H2,1-3H3,(H,27,28)/t16-,17-/m1/s1. The number of nitrogens with zero attached hydrogens (tertiary/aromatic N) is 1. The molecule has 7 nitrogen and oxygen atoms in total. The summed E-state index contributed by atoms with van der Waals surface area (Å²) in [6, 6.07) is 4.14. The number of alkyl halides is 3. The Morgan fingerprint density at radius 2 is 1.90 bits per heavy atom. The molecular weight excluding hydrogens is 415 g/mol. The number of carbonyl (C=O) groups excluding carboxylic acids is 1. The van der Waals surface area contributed by atoms with Crippen molar-refractivity contribution in [3.63, 3.8) is 0 Å². The van der Waals surface area contributed by atoms with Crippen molar-refractivity contribution >= 4 is 11.8 Å². The quantitative estimate of drug-likeness (QED) is 0.731. The number of nitriles is 1. The van der Waals surface area contributed by atoms with Crippen molar-refractivity contribution in [3.8, 4) is 6.07 Å². The maximum Gasteiger partial charge on any atom is 0.417 e. The molecule has 1 aliphatic carbocycles. The molecule has 0 radical (unpaired) electrons. The van der Waals surface area contributed by atoms with Crippen LogP contribution < -0.4 is 10.6 Å². The predicted molar refractivity (Wildman–Crippen MR) is 105 cm³/mol. The molecule has 1 amide bonds. The van der Waals surface area contributed by atoms with Crippen LogP contribution in [0.5, 0.6) is 0 Å². The summed E-state index contributed by atoms with van der Waals surface area (Å²) in [5.41, 5.74) is -1.95. The number of hydrogen-bond acceptors (Lipinski definition) is 6. The molecule has 1 aromatic carbocycles. The number of anilines is 1. The third-order valence-corrected chi connectivity index (χ3v) is 5.17. The molecule has 1 saturated heterocycles. The minimum absolute atomic E-state index is 0.205. The Hall–Kier alpha value is -2.51. The smallest absolute Gasteiger partial charge is 0.417 e. The molecule has 3 rings (SSSR count). The molecule has 1 spiro atoms. The van der Waals surface area contributed by atoms with Gasteiger partial charge >= 0.3 is 12.3 Å². The molecule has 0 bridgehead atoms. The van der Waals surface area contributed by atoms with Crippen LogP contribution in [0.25, 0.3) is 0 Å². The van der Waals surface area contributed by atoms with E-state index in [0.717, 1.165) is 12.1 Å². The van der Waals surface area contributed by atoms with Crippen LogP contribution in [0.3, 0.4) is 0 Å². The van der Waals surface area contributed by atoms with Gasteiger partial charge in [0.25, 0.3) is 0 Å². The van der Waals surface area contributed by atoms with Gasteiger partial charge in [-0.3, -0.25) is 0 Å². The summed E-state index contributed by atoms with van der Waals surface area (Å²) in [5, 5.41) is 14.9. The van der Waals surface area contributed by atoms with Crippen molar-refractivity contribution in [3.05, 3.63) is 29.3 Å². The number of halogens is 3. The van der Waals surface area contributed by atoms with E-state index in [2.05, 4.69) is 10.6 Å². The largest absolute Gasteiger partial charge is 0.444 e. The van der Waals surface area contributed by atoms with Crippen molar-refractivity contribution in [2.45, 2.75) is 69.7 Å². The van der Waals surface area contributed by atoms with E-state index in [-0.39, 0.29) is 11.7 Å². The van der Waals surface area contributed by atoms with Crippen LogP contribution in [0.15, 0.2) is 18.2 Å². The number of hydrogen-bond donors (Lipinski definition) is 2. The molecule has 1 heterocycles. The van der Waals surface area contributed by atoms with Crippen LogP contribution in [-0.4, -0.2) is 42.8 Å². The predicted octanol–water partition coefficient (Wildman–Crippen LogP) is 4.18. The second-order valence-electron chi connectivity index (χ2n) is 8.72. The Labute approximate surface area is 178 Å². The molecule has 170 valence electrons. The highest BCUT2D eigenvalue weighted by Crippen LogP contribution is 2.38. The van der Waals surface area contributed by atoms with E-state index in [4.69, 9.17) is 19.5 Å². The Kier molecular flexibility index (Phi) is 6.39. The average Bonchev–Trinajstić information content (AvgIpc) is 3.09. The molecule has 0 aromatic heterocycles. The Bertz CT molecular complexity index is 855. The van der Waals surface area contributed by atoms with Crippen LogP contribution in [0.2, 0.25) is 0 Å². The number of carbonyl (C=O) groups is 1. The van der Waals surface area contributed by atoms with Gasteiger partial charge in [-0.1, -0.05) is 0 Å². The minimum Gasteiger partial charge on any atom is -0.444 e. The molecule has 1 aliphatic heterocycles. The third-order valence-electron chi connectivity index (χ3n) is 5.17. The summed E-state index contributed by atoms with van der Waals surface area (Å²) in [5.74, 6) is -0.820. The molecule has 2 fully saturated rings. The number of alkyl carbamates (subject to hydrolysis) is 1. The van der Waals surface area contributed by atoms with E-state index in [9.17, 15) is 18.0 Å². The number of rotatable bonds is 3. The highest BCUT2D eigenvalue weighted by molar-refractivity contribution is 5.68. The fraction of sp³-hybridized carbons (Fsp3) is 0.619. The zero-order chi connectivity index (χ0) is 22.9. The van der Waals surface area contributed by atoms with Gasteiger partial charge in [-0.2, -0.15) is 18.4 Å². The molecule has 2 atom stereocenters. The van der Waals surface area contributed by atoms with E-state index in [1.54, 1.807) is 26.8 Å². The van der Waals surface area contributed by atoms with Gasteiger partial charge in [0.05, 0.1) is 36.5 Å². The molecule has 31 heavy (non-hydrogen) atoms. The van der Waals surface area contributed by atoms with E-state index < -0.39 is 40.8 Å². The maximum atomic E-state index is 13.3. The normalized spacial score (nSPS) is 23.3. The molecule has 2 N–H and O–H groups in total. The third kappa shape index (κ3) is 5.80. The highest BCUT2D eigenvalue weighted by Gasteiger charge is 2.46. The molecule has 10 heteroatoms. The fourth-order valence-electron chi connectivity index (χ4n) is 3.88. The fourth-order valence-corrected chi connectivity index (χ4v) is 3.88. The number of nitrogens with one attached hydrogen (secondary N) is 2. The molecule has 2 aliphatic rings. The first-order valence-corrected chi connectivity index (χ1v) is 10.1. The lowest BCUT2D eigenvalue weighted by Gasteiger charge is -2.42. The number of amides is 1. The monoisotopic (exact) mass is 441 g/mol. The van der Waals surface area contributed by atoms with Crippen LogP contribution in [0, 0.1) is 11.3 Å². The topological polar surface area (TPSA) is 92.6 Å². The zero-order valence-electron chi connectivity index (χ0n) is 17.6. The number of ether oxygens (including phenoxy) is 3. The Balaban J connectivity index is 1.81. The van der Waals surface area contributed by atoms with Gasteiger partial charge in [0.1, 0.15) is 5.60 Å². The van der Waals surface area contributed by atoms with E-state index in [0.29, 0.717) is 32.5 Å². The number of benzene rings is 1. The summed E-state index contributed by atoms with van der Waals surface area (Å²) in [6.45, 7) is 6.11. The van der Waals surface area contributed by atoms with Crippen molar-refractivity contribution < 1.29 is 32.2 Å². The first kappa shape index (κ1) is 23.2. The molecule has 1 aromatic rings. The first-order chi connectivity index (χ1) is 14.4. The van der Waals surface area contributed by atoms with Gasteiger partial charge < -0.3 is 24.8 Å². The SMILES string of the molecule is CC(C)(C)OC(=O)N[C@@H]1CC2(CC[C@H]1Nc1ccc(C#N)c(C(F)(F)F)c1)OCCO2. The van der Waals surface area contributed by atoms with Crippen LogP contribution in [-0.2, 0) is 20.4 Å². The minimum atomic E-state index is -4.65. The molecular formula is C21H26F3N3O4. The first-order valence-electron chi connectivity index (χ1n) is 10.1. The summed E-state index contributed by atoms with van der Waals surface area (Å²) >= 11 is 0. The van der Waals surface area contributed by atoms with Gasteiger partial charge in [-0.25, -0.2) is 4.79 Å². The highest BCUT2D eigenvalue weighted by atomic mass is 19.4. The second kappa shape index (κ2) is 8.55. The van der Waals surface area contributed by atoms with E-state index >= 15 is 0 Å². The van der Waals surface area contributed by atoms with Gasteiger partial charge in [0.2, 0.25) is 0 Å². The van der Waals surface area contributed by atoms with Gasteiger partial charge in [0, 0.05) is 24.6 Å².